The molecule has 0 aliphatic rings. The number of hydrogen-bond acceptors (Lipinski definition) is 6. The van der Waals surface area contributed by atoms with Gasteiger partial charge < -0.3 is 9.55 Å². The van der Waals surface area contributed by atoms with Gasteiger partial charge in [-0.2, -0.15) is 9.50 Å². The molecule has 0 saturated heterocycles. The molecule has 115 valence electrons. The SMILES string of the molecule is O=c1nc2c3cc(-n4ccnc4)c([N+](=O)[O-])cc3[nH]c(=O)n2[nH]1.[Na]. The van der Waals surface area contributed by atoms with Crippen molar-refractivity contribution in [3.05, 3.63) is 61.9 Å². The largest absolute Gasteiger partial charge is 0.362 e. The fourth-order valence-electron chi connectivity index (χ4n) is 2.44. The molecule has 3 heterocycles. The van der Waals surface area contributed by atoms with E-state index in [2.05, 4.69) is 20.1 Å². The number of aromatic nitrogens is 6. The Bertz CT molecular complexity index is 1190. The summed E-state index contributed by atoms with van der Waals surface area (Å²) >= 11 is 0. The Morgan fingerprint density at radius 2 is 2.04 bits per heavy atom. The van der Waals surface area contributed by atoms with Crippen molar-refractivity contribution in [1.82, 2.24) is 29.1 Å². The molecular weight excluding hydrogens is 329 g/mol. The van der Waals surface area contributed by atoms with Gasteiger partial charge in [-0.3, -0.25) is 10.1 Å². The zero-order valence-corrected chi connectivity index (χ0v) is 14.3. The maximum Gasteiger partial charge on any atom is 0.362 e. The van der Waals surface area contributed by atoms with Crippen LogP contribution in [0.25, 0.3) is 22.2 Å². The molecule has 4 aromatic rings. The quantitative estimate of drug-likeness (QED) is 0.289. The van der Waals surface area contributed by atoms with Crippen molar-refractivity contribution in [2.75, 3.05) is 0 Å². The van der Waals surface area contributed by atoms with Crippen LogP contribution in [-0.4, -0.2) is 63.6 Å². The fourth-order valence-corrected chi connectivity index (χ4v) is 2.44. The first kappa shape index (κ1) is 16.1. The second kappa shape index (κ2) is 5.70. The summed E-state index contributed by atoms with van der Waals surface area (Å²) in [5.41, 5.74) is -1.02. The first-order chi connectivity index (χ1) is 11.0. The second-order valence-corrected chi connectivity index (χ2v) is 4.73. The molecule has 0 fully saturated rings. The van der Waals surface area contributed by atoms with Crippen LogP contribution in [0.3, 0.4) is 0 Å². The van der Waals surface area contributed by atoms with E-state index < -0.39 is 16.3 Å². The molecule has 4 rings (SSSR count). The van der Waals surface area contributed by atoms with Gasteiger partial charge in [-0.1, -0.05) is 0 Å². The number of imidazole rings is 1. The Morgan fingerprint density at radius 3 is 2.71 bits per heavy atom. The second-order valence-electron chi connectivity index (χ2n) is 4.73. The van der Waals surface area contributed by atoms with E-state index in [1.54, 1.807) is 6.20 Å². The summed E-state index contributed by atoms with van der Waals surface area (Å²) < 4.78 is 2.41. The first-order valence-corrected chi connectivity index (χ1v) is 6.36. The Hall–Kier alpha value is -2.76. The van der Waals surface area contributed by atoms with Crippen molar-refractivity contribution < 1.29 is 4.92 Å². The minimum atomic E-state index is -0.689. The molecule has 2 N–H and O–H groups in total. The van der Waals surface area contributed by atoms with Crippen LogP contribution >= 0.6 is 0 Å². The van der Waals surface area contributed by atoms with Crippen LogP contribution in [0.4, 0.5) is 5.69 Å². The standard InChI is InChI=1S/C12H7N7O4.Na/c20-11-15-10-6-3-8(17-2-1-13-5-17)9(19(22)23)4-7(6)14-12(21)18(10)16-11;/h1-5H,(H,14,21)(H,16,20);. The Kier molecular flexibility index (Phi) is 3.83. The number of H-pyrrole nitrogens is 2. The number of fused-ring (bicyclic) bond motifs is 3. The van der Waals surface area contributed by atoms with Crippen molar-refractivity contribution in [2.45, 2.75) is 0 Å². The molecule has 0 amide bonds. The van der Waals surface area contributed by atoms with Gasteiger partial charge in [0.05, 0.1) is 16.8 Å². The number of nitro groups is 1. The molecule has 12 heteroatoms. The van der Waals surface area contributed by atoms with E-state index in [1.165, 1.54) is 29.2 Å². The summed E-state index contributed by atoms with van der Waals surface area (Å²) in [6.07, 6.45) is 4.44. The third kappa shape index (κ3) is 2.35. The number of hydrogen-bond donors (Lipinski definition) is 2. The molecule has 0 spiro atoms. The van der Waals surface area contributed by atoms with Crippen molar-refractivity contribution in [3.8, 4) is 5.69 Å². The smallest absolute Gasteiger partial charge is 0.305 e. The van der Waals surface area contributed by atoms with Gasteiger partial charge >= 0.3 is 11.4 Å². The first-order valence-electron chi connectivity index (χ1n) is 6.36. The van der Waals surface area contributed by atoms with Gasteiger partial charge in [0.15, 0.2) is 5.65 Å². The number of nitrogens with one attached hydrogen (secondary N) is 2. The molecule has 24 heavy (non-hydrogen) atoms. The van der Waals surface area contributed by atoms with Crippen LogP contribution in [0.1, 0.15) is 0 Å². The van der Waals surface area contributed by atoms with E-state index in [4.69, 9.17) is 0 Å². The summed E-state index contributed by atoms with van der Waals surface area (Å²) in [5, 5.41) is 14.0. The van der Waals surface area contributed by atoms with Gasteiger partial charge in [0.2, 0.25) is 0 Å². The summed E-state index contributed by atoms with van der Waals surface area (Å²) in [7, 11) is 0. The van der Waals surface area contributed by atoms with Crippen LogP contribution in [0.15, 0.2) is 40.4 Å². The molecule has 0 atom stereocenters. The van der Waals surface area contributed by atoms with Gasteiger partial charge in [0.1, 0.15) is 5.69 Å². The zero-order chi connectivity index (χ0) is 16.1. The number of nitrogens with zero attached hydrogens (tertiary/aromatic N) is 5. The maximum atomic E-state index is 11.9. The molecule has 0 saturated carbocycles. The number of rotatable bonds is 2. The molecule has 0 unspecified atom stereocenters. The van der Waals surface area contributed by atoms with Gasteiger partial charge in [-0.15, -0.1) is 0 Å². The van der Waals surface area contributed by atoms with Gasteiger partial charge in [0.25, 0.3) is 5.69 Å². The number of aromatic amines is 2. The third-order valence-corrected chi connectivity index (χ3v) is 3.41. The van der Waals surface area contributed by atoms with E-state index in [-0.39, 0.29) is 52.1 Å². The van der Waals surface area contributed by atoms with Crippen molar-refractivity contribution in [2.24, 2.45) is 0 Å². The van der Waals surface area contributed by atoms with Gasteiger partial charge in [-0.05, 0) is 6.07 Å². The minimum absolute atomic E-state index is 0. The molecule has 11 nitrogen and oxygen atoms in total. The van der Waals surface area contributed by atoms with Crippen molar-refractivity contribution in [3.63, 3.8) is 0 Å². The summed E-state index contributed by atoms with van der Waals surface area (Å²) in [4.78, 5) is 44.2. The van der Waals surface area contributed by atoms with Gasteiger partial charge in [0, 0.05) is 53.4 Å². The summed E-state index contributed by atoms with van der Waals surface area (Å²) in [6, 6.07) is 2.70. The van der Waals surface area contributed by atoms with Crippen LogP contribution in [-0.2, 0) is 0 Å². The number of nitro benzene ring substituents is 1. The van der Waals surface area contributed by atoms with Crippen LogP contribution in [0.2, 0.25) is 0 Å². The van der Waals surface area contributed by atoms with E-state index in [0.717, 1.165) is 4.52 Å². The van der Waals surface area contributed by atoms with Crippen molar-refractivity contribution in [1.29, 1.82) is 0 Å². The van der Waals surface area contributed by atoms with Crippen LogP contribution < -0.4 is 11.4 Å². The fraction of sp³-hybridized carbons (Fsp3) is 0. The molecule has 3 aromatic heterocycles. The average Bonchev–Trinajstić information content (AvgIpc) is 3.15. The molecule has 0 aliphatic heterocycles. The van der Waals surface area contributed by atoms with Crippen LogP contribution in [0.5, 0.6) is 0 Å². The normalized spacial score (nSPS) is 10.8. The van der Waals surface area contributed by atoms with E-state index in [1.807, 2.05) is 0 Å². The molecular formula is C12H7N7NaO4. The summed E-state index contributed by atoms with van der Waals surface area (Å²) in [6.45, 7) is 0. The van der Waals surface area contributed by atoms with E-state index in [9.17, 15) is 19.7 Å². The predicted molar refractivity (Wildman–Crippen MR) is 83.5 cm³/mol. The van der Waals surface area contributed by atoms with E-state index in [0.29, 0.717) is 5.39 Å². The zero-order valence-electron chi connectivity index (χ0n) is 12.3. The van der Waals surface area contributed by atoms with E-state index >= 15 is 0 Å². The maximum absolute atomic E-state index is 11.9. The molecule has 0 bridgehead atoms. The van der Waals surface area contributed by atoms with Crippen molar-refractivity contribution >= 4 is 51.8 Å². The Balaban J connectivity index is 0.00000169. The minimum Gasteiger partial charge on any atom is -0.305 e. The molecule has 1 radical (unpaired) electrons. The molecule has 0 aliphatic carbocycles. The Morgan fingerprint density at radius 1 is 1.25 bits per heavy atom. The summed E-state index contributed by atoms with van der Waals surface area (Å²) in [5.74, 6) is 0. The molecule has 1 aromatic carbocycles. The topological polar surface area (TPSA) is 144 Å². The van der Waals surface area contributed by atoms with Crippen LogP contribution in [0, 0.1) is 10.1 Å². The van der Waals surface area contributed by atoms with Gasteiger partial charge in [-0.25, -0.2) is 19.7 Å². The predicted octanol–water partition coefficient (Wildman–Crippen LogP) is -0.423. The number of benzene rings is 1. The average molecular weight is 336 g/mol. The third-order valence-electron chi connectivity index (χ3n) is 3.41. The monoisotopic (exact) mass is 336 g/mol. The Labute approximate surface area is 153 Å².